The van der Waals surface area contributed by atoms with E-state index in [0.29, 0.717) is 85.0 Å². The molecule has 0 saturated carbocycles. The van der Waals surface area contributed by atoms with Crippen LogP contribution in [0.15, 0.2) is 55.0 Å². The topological polar surface area (TPSA) is 387 Å². The first-order chi connectivity index (χ1) is 61.9. The zero-order chi connectivity index (χ0) is 101. The summed E-state index contributed by atoms with van der Waals surface area (Å²) in [5, 5.41) is 24.1. The summed E-state index contributed by atoms with van der Waals surface area (Å²) in [4.78, 5) is 148. The monoisotopic (exact) mass is 1960 g/mol. The number of ether oxygens (including phenoxy) is 3. The van der Waals surface area contributed by atoms with Crippen LogP contribution in [0.4, 0.5) is 35.8 Å². The Hall–Kier alpha value is -10.1. The van der Waals surface area contributed by atoms with Crippen molar-refractivity contribution in [3.05, 3.63) is 133 Å². The lowest BCUT2D eigenvalue weighted by atomic mass is 9.90. The van der Waals surface area contributed by atoms with Gasteiger partial charge < -0.3 is 59.6 Å². The summed E-state index contributed by atoms with van der Waals surface area (Å²) in [5.41, 5.74) is 8.70. The number of pyridine rings is 3. The third-order valence-corrected chi connectivity index (χ3v) is 19.5. The molecule has 135 heavy (non-hydrogen) atoms. The molecule has 4 aliphatic rings. The van der Waals surface area contributed by atoms with Crippen molar-refractivity contribution in [2.45, 2.75) is 291 Å². The van der Waals surface area contributed by atoms with E-state index in [9.17, 15) is 47.1 Å². The number of carboxylic acid groups (broad SMARTS) is 1. The fourth-order valence-corrected chi connectivity index (χ4v) is 14.6. The highest BCUT2D eigenvalue weighted by molar-refractivity contribution is 6.32. The highest BCUT2D eigenvalue weighted by atomic mass is 35.5. The maximum absolute atomic E-state index is 13.6. The number of aromatic nitrogens is 11. The first kappa shape index (κ1) is 119. The first-order valence-electron chi connectivity index (χ1n) is 45.3. The molecule has 0 bridgehead atoms. The molecule has 7 heterocycles. The van der Waals surface area contributed by atoms with E-state index in [-0.39, 0.29) is 117 Å². The molecule has 4 N–H and O–H groups in total. The number of aliphatic hydroxyl groups excluding tert-OH is 1. The number of fused-ring (bicyclic) bond motifs is 4. The molecule has 0 radical (unpaired) electrons. The Balaban J connectivity index is 0.000000410. The largest absolute Gasteiger partial charge is 0.491 e. The molecule has 4 amide bonds. The van der Waals surface area contributed by atoms with Gasteiger partial charge in [-0.05, 0) is 237 Å². The number of aryl methyl sites for hydroxylation is 5. The Morgan fingerprint density at radius 2 is 0.800 bits per heavy atom. The Kier molecular flexibility index (Phi) is 47.8. The lowest BCUT2D eigenvalue weighted by molar-refractivity contribution is -0.138. The number of aliphatic carboxylic acids is 1. The third kappa shape index (κ3) is 47.0. The zero-order valence-corrected chi connectivity index (χ0v) is 87.6. The molecule has 0 aromatic carbocycles. The minimum Gasteiger partial charge on any atom is -0.491 e. The standard InChI is InChI=1S/C22H30N4O3.C20H25FN4O.C15H22ClN3O.C12H24N2O3.C8H15NO4.C8H17NO.C7H6Cl2N2.C6H6FN.ClH/c1-22(2,3)13-15(28)14-26(4)21-17-6-5-7-18(17)24-20(25-21)19-12-16(8-9-23-19)29-11-10-27;1-20(2,3)11-14(26)12-25(4)19-15-6-5-7-16(15)23-18(24-19)17-10-13(21)8-9-22-17;1-15(2,3)8-10(20)9-19(4)13-11-6-5-7-12(11)17-14(16)18-13;1-11(2,3)13-9(15)8-14(7)10(16)17-12(4,5)6;1-8(2,3)13-7(12)9(4)5-6(10)11;1-5-6-7(10)9-8(2,3)4;8-6-4-2-1-3-5(4)10-7(9)11-6;1-5-4-6(7)2-3-8-5;/h8-9,12,27H,5-7,10-11,13-14H2,1-4H3;8-10H,5-7,11-12H2,1-4H3;5-9H2,1-4H3;8H2,1-7H3,(H,13,15);5H2,1-4H3,(H,10,11);5-6H2,1-4H3,(H,9,10);1-3H2;2-4H,1H3;1H. The summed E-state index contributed by atoms with van der Waals surface area (Å²) in [5.74, 6) is 2.84. The number of hydrogen-bond acceptors (Lipinski definition) is 26. The summed E-state index contributed by atoms with van der Waals surface area (Å²) in [6.45, 7) is 45.3. The van der Waals surface area contributed by atoms with Gasteiger partial charge in [-0.2, -0.15) is 0 Å². The molecule has 0 aliphatic heterocycles. The Labute approximate surface area is 818 Å². The van der Waals surface area contributed by atoms with Crippen LogP contribution >= 0.6 is 47.2 Å². The third-order valence-electron chi connectivity index (χ3n) is 18.9. The Morgan fingerprint density at radius 3 is 1.16 bits per heavy atom. The van der Waals surface area contributed by atoms with E-state index < -0.39 is 29.4 Å². The lowest BCUT2D eigenvalue weighted by Crippen LogP contribution is -2.47. The van der Waals surface area contributed by atoms with E-state index in [2.05, 4.69) is 118 Å². The number of anilines is 3. The summed E-state index contributed by atoms with van der Waals surface area (Å²) >= 11 is 17.4. The number of amides is 4. The molecule has 0 saturated heterocycles. The van der Waals surface area contributed by atoms with Gasteiger partial charge in [-0.15, -0.1) is 12.4 Å². The van der Waals surface area contributed by atoms with Gasteiger partial charge in [0.25, 0.3) is 0 Å². The molecular formula is C98H146Cl4F2N18O13. The van der Waals surface area contributed by atoms with E-state index >= 15 is 0 Å². The van der Waals surface area contributed by atoms with Crippen molar-refractivity contribution >= 4 is 112 Å². The second kappa shape index (κ2) is 54.2. The average Bonchev–Trinajstić information content (AvgIpc) is 1.73. The van der Waals surface area contributed by atoms with Gasteiger partial charge in [-0.1, -0.05) is 80.8 Å². The highest BCUT2D eigenvalue weighted by Gasteiger charge is 2.31. The second-order valence-electron chi connectivity index (χ2n) is 41.2. The molecule has 0 fully saturated rings. The van der Waals surface area contributed by atoms with E-state index in [0.717, 1.165) is 151 Å². The lowest BCUT2D eigenvalue weighted by Gasteiger charge is -2.26. The normalized spacial score (nSPS) is 12.7. The molecule has 4 aliphatic carbocycles. The first-order valence-corrected chi connectivity index (χ1v) is 46.4. The van der Waals surface area contributed by atoms with Crippen LogP contribution < -0.4 is 30.1 Å². The molecule has 7 aromatic rings. The van der Waals surface area contributed by atoms with Crippen LogP contribution in [-0.4, -0.2) is 226 Å². The van der Waals surface area contributed by atoms with Crippen LogP contribution in [0.1, 0.15) is 261 Å². The summed E-state index contributed by atoms with van der Waals surface area (Å²) in [6.07, 6.45) is 18.3. The number of Topliss-reactive ketones (excluding diaryl/α,β-unsaturated/α-hetero) is 3. The van der Waals surface area contributed by atoms with Crippen LogP contribution in [0.2, 0.25) is 15.7 Å². The van der Waals surface area contributed by atoms with E-state index in [1.165, 1.54) is 55.7 Å². The number of rotatable bonds is 23. The maximum Gasteiger partial charge on any atom is 0.410 e. The van der Waals surface area contributed by atoms with Gasteiger partial charge in [0.2, 0.25) is 22.4 Å². The van der Waals surface area contributed by atoms with Crippen LogP contribution in [0.5, 0.6) is 5.75 Å². The quantitative estimate of drug-likeness (QED) is 0.0341. The number of nitrogens with one attached hydrogen (secondary N) is 2. The van der Waals surface area contributed by atoms with E-state index in [4.69, 9.17) is 69.2 Å². The van der Waals surface area contributed by atoms with Gasteiger partial charge in [0.05, 0.1) is 37.6 Å². The van der Waals surface area contributed by atoms with Gasteiger partial charge >= 0.3 is 18.2 Å². The van der Waals surface area contributed by atoms with Crippen LogP contribution in [-0.2, 0) is 89.6 Å². The van der Waals surface area contributed by atoms with Crippen LogP contribution in [0.3, 0.4) is 0 Å². The molecule has 7 aromatic heterocycles. The van der Waals surface area contributed by atoms with Gasteiger partial charge in [0.15, 0.2) is 29.0 Å². The summed E-state index contributed by atoms with van der Waals surface area (Å²) in [6, 6.07) is 8.87. The minimum absolute atomic E-state index is 0. The smallest absolute Gasteiger partial charge is 0.410 e. The molecule has 31 nitrogen and oxygen atoms in total. The minimum atomic E-state index is -1.06. The number of halogens is 6. The van der Waals surface area contributed by atoms with Gasteiger partial charge in [-0.3, -0.25) is 43.7 Å². The van der Waals surface area contributed by atoms with Crippen molar-refractivity contribution in [1.82, 2.24) is 75.3 Å². The number of carbonyl (C=O) groups is 8. The Morgan fingerprint density at radius 1 is 0.444 bits per heavy atom. The van der Waals surface area contributed by atoms with Crippen LogP contribution in [0, 0.1) is 34.8 Å². The van der Waals surface area contributed by atoms with Crippen molar-refractivity contribution in [2.24, 2.45) is 16.2 Å². The fraction of sp³-hybridized carbons (Fsp3) is 0.602. The number of ketones is 3. The van der Waals surface area contributed by atoms with E-state index in [1.807, 2.05) is 84.3 Å². The number of likely N-dealkylation sites (N-methyl/N-ethyl adjacent to an activating group) is 5. The number of nitrogens with zero attached hydrogens (tertiary/aromatic N) is 16. The molecule has 0 unspecified atom stereocenters. The molecule has 0 atom stereocenters. The van der Waals surface area contributed by atoms with Gasteiger partial charge in [0, 0.05) is 142 Å². The fourth-order valence-electron chi connectivity index (χ4n) is 13.9. The number of carbonyl (C=O) groups excluding carboxylic acids is 7. The van der Waals surface area contributed by atoms with Crippen molar-refractivity contribution in [3.8, 4) is 28.8 Å². The molecule has 37 heteroatoms. The predicted molar refractivity (Wildman–Crippen MR) is 530 cm³/mol. The molecule has 748 valence electrons. The maximum atomic E-state index is 13.6. The predicted octanol–water partition coefficient (Wildman–Crippen LogP) is 18.1. The number of aliphatic hydroxyl groups is 1. The van der Waals surface area contributed by atoms with Crippen molar-refractivity contribution in [3.63, 3.8) is 0 Å². The number of hydrogen-bond donors (Lipinski definition) is 4. The molecular weight excluding hydrogens is 1820 g/mol. The second-order valence-corrected chi connectivity index (χ2v) is 42.2. The average molecular weight is 1960 g/mol. The summed E-state index contributed by atoms with van der Waals surface area (Å²) < 4.78 is 41.2. The molecule has 11 rings (SSSR count). The van der Waals surface area contributed by atoms with Gasteiger partial charge in [-0.25, -0.2) is 58.2 Å². The summed E-state index contributed by atoms with van der Waals surface area (Å²) in [7, 11) is 8.61. The zero-order valence-electron chi connectivity index (χ0n) is 84.5. The SMILES string of the molecule is CCCC(=O)NC(C)(C)C.CN(CC(=O)CC(C)(C)C)c1nc(-c2cc(F)ccn2)nc2c1CCC2.CN(CC(=O)CC(C)(C)C)c1nc(-c2cc(OCCO)ccn2)nc2c1CCC2.CN(CC(=O)CC(C)(C)C)c1nc(Cl)nc2c1CCC2.CN(CC(=O)NC(C)(C)C)C(=O)OC(C)(C)C.CN(CC(=O)O)C(=O)OC(C)(C)C.Cc1cc(F)ccn1.Cl.Clc1nc(Cl)c2c(n1)CCC2. The van der Waals surface area contributed by atoms with Crippen molar-refractivity contribution in [1.29, 1.82) is 0 Å². The number of carboxylic acids is 1. The van der Waals surface area contributed by atoms with Crippen LogP contribution in [0.25, 0.3) is 23.0 Å². The molecule has 0 spiro atoms. The van der Waals surface area contributed by atoms with E-state index in [1.54, 1.807) is 66.8 Å². The highest BCUT2D eigenvalue weighted by Crippen LogP contribution is 2.36. The Bertz CT molecular complexity index is 5070. The van der Waals surface area contributed by atoms with Crippen molar-refractivity contribution < 1.29 is 71.6 Å². The van der Waals surface area contributed by atoms with Gasteiger partial charge in [0.1, 0.15) is 82.3 Å². The van der Waals surface area contributed by atoms with Crippen molar-refractivity contribution in [2.75, 3.05) is 95.9 Å².